The summed E-state index contributed by atoms with van der Waals surface area (Å²) in [6, 6.07) is 8.65. The number of nitrogens with zero attached hydrogens (tertiary/aromatic N) is 2. The maximum absolute atomic E-state index is 12.5. The molecule has 1 aromatic rings. The second-order valence-corrected chi connectivity index (χ2v) is 7.58. The van der Waals surface area contributed by atoms with Gasteiger partial charge in [0, 0.05) is 6.42 Å². The smallest absolute Gasteiger partial charge is 0.249 e. The second-order valence-electron chi connectivity index (χ2n) is 4.77. The van der Waals surface area contributed by atoms with Crippen LogP contribution < -0.4 is 5.73 Å². The molecule has 2 N–H and O–H groups in total. The van der Waals surface area contributed by atoms with Gasteiger partial charge in [0.2, 0.25) is 15.9 Å². The fraction of sp³-hybridized carbons (Fsp3) is 0.385. The van der Waals surface area contributed by atoms with E-state index in [2.05, 4.69) is 21.1 Å². The van der Waals surface area contributed by atoms with E-state index >= 15 is 0 Å². The Kier molecular flexibility index (Phi) is 5.54. The van der Waals surface area contributed by atoms with Gasteiger partial charge in [-0.15, -0.1) is 0 Å². The van der Waals surface area contributed by atoms with E-state index in [4.69, 9.17) is 10.6 Å². The van der Waals surface area contributed by atoms with E-state index < -0.39 is 22.0 Å². The number of amides is 1. The Hall–Kier alpha value is -1.45. The quantitative estimate of drug-likeness (QED) is 0.774. The summed E-state index contributed by atoms with van der Waals surface area (Å²) in [5.41, 5.74) is 5.93. The molecule has 0 bridgehead atoms. The first-order chi connectivity index (χ1) is 10.4. The molecule has 0 aliphatic carbocycles. The lowest BCUT2D eigenvalue weighted by molar-refractivity contribution is -0.126. The zero-order valence-corrected chi connectivity index (χ0v) is 14.1. The molecular formula is C13H16BrN3O4S. The Balaban J connectivity index is 2.15. The number of carbonyl (C=O) groups excluding carboxylic acids is 1. The standard InChI is InChI=1S/C13H16BrN3O4S/c14-12-6-11(21-16-12)8-17(13(18)7-15)22(19,20)9-10-4-2-1-3-5-10/h1-5,11H,6-9,15H2. The van der Waals surface area contributed by atoms with Gasteiger partial charge in [0.1, 0.15) is 4.62 Å². The summed E-state index contributed by atoms with van der Waals surface area (Å²) in [5, 5.41) is 3.69. The SMILES string of the molecule is NCC(=O)N(CC1CC(Br)=NO1)S(=O)(=O)Cc1ccccc1. The summed E-state index contributed by atoms with van der Waals surface area (Å²) in [5.74, 6) is -0.934. The van der Waals surface area contributed by atoms with Crippen LogP contribution in [0.25, 0.3) is 0 Å². The minimum Gasteiger partial charge on any atom is -0.389 e. The van der Waals surface area contributed by atoms with Crippen LogP contribution in [0.1, 0.15) is 12.0 Å². The first-order valence-electron chi connectivity index (χ1n) is 6.58. The summed E-state index contributed by atoms with van der Waals surface area (Å²) in [6.45, 7) is -0.493. The first kappa shape index (κ1) is 16.9. The predicted octanol–water partition coefficient (Wildman–Crippen LogP) is 0.801. The first-order valence-corrected chi connectivity index (χ1v) is 8.98. The van der Waals surface area contributed by atoms with Crippen molar-refractivity contribution < 1.29 is 18.0 Å². The summed E-state index contributed by atoms with van der Waals surface area (Å²) in [4.78, 5) is 17.0. The third-order valence-electron chi connectivity index (χ3n) is 3.05. The molecule has 0 spiro atoms. The van der Waals surface area contributed by atoms with E-state index in [0.29, 0.717) is 16.6 Å². The highest BCUT2D eigenvalue weighted by atomic mass is 79.9. The van der Waals surface area contributed by atoms with Crippen LogP contribution in [0.3, 0.4) is 0 Å². The zero-order valence-electron chi connectivity index (χ0n) is 11.7. The average Bonchev–Trinajstić information content (AvgIpc) is 2.90. The van der Waals surface area contributed by atoms with Crippen molar-refractivity contribution in [2.75, 3.05) is 13.1 Å². The lowest BCUT2D eigenvalue weighted by atomic mass is 10.2. The van der Waals surface area contributed by atoms with Crippen molar-refractivity contribution in [2.24, 2.45) is 10.9 Å². The lowest BCUT2D eigenvalue weighted by Crippen LogP contribution is -2.45. The fourth-order valence-electron chi connectivity index (χ4n) is 2.01. The van der Waals surface area contributed by atoms with Crippen molar-refractivity contribution in [3.05, 3.63) is 35.9 Å². The molecule has 120 valence electrons. The van der Waals surface area contributed by atoms with E-state index in [9.17, 15) is 13.2 Å². The highest BCUT2D eigenvalue weighted by Crippen LogP contribution is 2.18. The minimum absolute atomic E-state index is 0.107. The molecule has 9 heteroatoms. The van der Waals surface area contributed by atoms with E-state index in [1.54, 1.807) is 30.3 Å². The Labute approximate surface area is 137 Å². The Bertz CT molecular complexity index is 663. The number of carbonyl (C=O) groups is 1. The number of sulfonamides is 1. The highest BCUT2D eigenvalue weighted by molar-refractivity contribution is 9.18. The van der Waals surface area contributed by atoms with Crippen molar-refractivity contribution in [1.29, 1.82) is 0 Å². The Morgan fingerprint density at radius 2 is 2.09 bits per heavy atom. The van der Waals surface area contributed by atoms with Crippen molar-refractivity contribution in [3.8, 4) is 0 Å². The number of hydrogen-bond donors (Lipinski definition) is 1. The average molecular weight is 390 g/mol. The molecular weight excluding hydrogens is 374 g/mol. The molecule has 2 rings (SSSR count). The molecule has 1 heterocycles. The molecule has 0 fully saturated rings. The van der Waals surface area contributed by atoms with E-state index in [0.717, 1.165) is 4.31 Å². The molecule has 1 amide bonds. The molecule has 0 saturated carbocycles. The van der Waals surface area contributed by atoms with Gasteiger partial charge in [0.05, 0.1) is 18.8 Å². The van der Waals surface area contributed by atoms with E-state index in [1.807, 2.05) is 0 Å². The molecule has 0 radical (unpaired) electrons. The minimum atomic E-state index is -3.83. The van der Waals surface area contributed by atoms with E-state index in [1.165, 1.54) is 0 Å². The molecule has 1 unspecified atom stereocenters. The maximum atomic E-state index is 12.5. The molecule has 7 nitrogen and oxygen atoms in total. The number of oxime groups is 1. The number of nitrogens with two attached hydrogens (primary N) is 1. The van der Waals surface area contributed by atoms with Crippen molar-refractivity contribution in [2.45, 2.75) is 18.3 Å². The lowest BCUT2D eigenvalue weighted by Gasteiger charge is -2.24. The van der Waals surface area contributed by atoms with Crippen molar-refractivity contribution in [1.82, 2.24) is 4.31 Å². The van der Waals surface area contributed by atoms with Gasteiger partial charge < -0.3 is 10.6 Å². The maximum Gasteiger partial charge on any atom is 0.249 e. The number of hydrogen-bond acceptors (Lipinski definition) is 6. The highest BCUT2D eigenvalue weighted by Gasteiger charge is 2.32. The fourth-order valence-corrected chi connectivity index (χ4v) is 4.00. The number of halogens is 1. The van der Waals surface area contributed by atoms with Gasteiger partial charge >= 0.3 is 0 Å². The number of rotatable bonds is 6. The van der Waals surface area contributed by atoms with Gasteiger partial charge in [-0.2, -0.15) is 0 Å². The van der Waals surface area contributed by atoms with Crippen LogP contribution >= 0.6 is 15.9 Å². The molecule has 1 atom stereocenters. The Morgan fingerprint density at radius 1 is 1.41 bits per heavy atom. The van der Waals surface area contributed by atoms with Crippen LogP contribution in [0.4, 0.5) is 0 Å². The van der Waals surface area contributed by atoms with Gasteiger partial charge in [-0.05, 0) is 21.5 Å². The molecule has 1 aliphatic rings. The van der Waals surface area contributed by atoms with Crippen LogP contribution in [-0.4, -0.2) is 42.4 Å². The second kappa shape index (κ2) is 7.21. The van der Waals surface area contributed by atoms with Crippen molar-refractivity contribution >= 4 is 36.5 Å². The summed E-state index contributed by atoms with van der Waals surface area (Å²) in [7, 11) is -3.83. The van der Waals surface area contributed by atoms with Gasteiger partial charge in [0.25, 0.3) is 0 Å². The van der Waals surface area contributed by atoms with Gasteiger partial charge in [-0.3, -0.25) is 4.79 Å². The summed E-state index contributed by atoms with van der Waals surface area (Å²) in [6.07, 6.45) is -0.0923. The van der Waals surface area contributed by atoms with Crippen LogP contribution in [-0.2, 0) is 25.4 Å². The third kappa shape index (κ3) is 4.28. The van der Waals surface area contributed by atoms with Gasteiger partial charge in [0.15, 0.2) is 6.10 Å². The molecule has 0 saturated heterocycles. The third-order valence-corrected chi connectivity index (χ3v) is 5.24. The van der Waals surface area contributed by atoms with E-state index in [-0.39, 0.29) is 18.8 Å². The van der Waals surface area contributed by atoms with Gasteiger partial charge in [-0.25, -0.2) is 12.7 Å². The normalized spacial score (nSPS) is 17.7. The predicted molar refractivity (Wildman–Crippen MR) is 85.7 cm³/mol. The molecule has 0 aromatic heterocycles. The van der Waals surface area contributed by atoms with Gasteiger partial charge in [-0.1, -0.05) is 35.5 Å². The van der Waals surface area contributed by atoms with Crippen LogP contribution in [0.5, 0.6) is 0 Å². The van der Waals surface area contributed by atoms with Crippen LogP contribution in [0.15, 0.2) is 35.5 Å². The zero-order chi connectivity index (χ0) is 16.2. The Morgan fingerprint density at radius 3 is 2.64 bits per heavy atom. The summed E-state index contributed by atoms with van der Waals surface area (Å²) < 4.78 is 26.4. The van der Waals surface area contributed by atoms with Crippen LogP contribution in [0, 0.1) is 0 Å². The monoisotopic (exact) mass is 389 g/mol. The molecule has 1 aromatic carbocycles. The van der Waals surface area contributed by atoms with Crippen molar-refractivity contribution in [3.63, 3.8) is 0 Å². The molecule has 22 heavy (non-hydrogen) atoms. The molecule has 1 aliphatic heterocycles. The largest absolute Gasteiger partial charge is 0.389 e. The topological polar surface area (TPSA) is 102 Å². The van der Waals surface area contributed by atoms with Crippen LogP contribution in [0.2, 0.25) is 0 Å². The number of benzene rings is 1. The summed E-state index contributed by atoms with van der Waals surface area (Å²) >= 11 is 3.17.